The van der Waals surface area contributed by atoms with Gasteiger partial charge in [0.15, 0.2) is 23.0 Å². The number of oxazole rings is 1. The fourth-order valence-corrected chi connectivity index (χ4v) is 4.55. The Kier molecular flexibility index (Phi) is 4.70. The predicted octanol–water partition coefficient (Wildman–Crippen LogP) is 3.71. The summed E-state index contributed by atoms with van der Waals surface area (Å²) in [6, 6.07) is 6.40. The minimum absolute atomic E-state index is 0.172. The molecule has 10 heteroatoms. The number of carbonyl (C=O) groups excluding carboxylic acids is 1. The number of para-hydroxylation sites is 1. The summed E-state index contributed by atoms with van der Waals surface area (Å²) in [5, 5.41) is 4.50. The van der Waals surface area contributed by atoms with Gasteiger partial charge < -0.3 is 9.32 Å². The van der Waals surface area contributed by atoms with E-state index in [2.05, 4.69) is 5.10 Å². The number of hydrogen-bond acceptors (Lipinski definition) is 4. The van der Waals surface area contributed by atoms with Gasteiger partial charge in [0.1, 0.15) is 0 Å². The van der Waals surface area contributed by atoms with E-state index in [1.807, 2.05) is 0 Å². The van der Waals surface area contributed by atoms with Crippen molar-refractivity contribution in [2.24, 2.45) is 14.1 Å². The maximum Gasteiger partial charge on any atom is 0.419 e. The Morgan fingerprint density at radius 3 is 2.55 bits per heavy atom. The molecular formula is C23H19F3N4O3. The first-order valence-electron chi connectivity index (χ1n) is 10.3. The van der Waals surface area contributed by atoms with E-state index < -0.39 is 29.2 Å². The van der Waals surface area contributed by atoms with E-state index in [4.69, 9.17) is 4.42 Å². The number of aromatic nitrogens is 3. The van der Waals surface area contributed by atoms with Gasteiger partial charge in [0, 0.05) is 31.8 Å². The average molecular weight is 456 g/mol. The second kappa shape index (κ2) is 7.36. The van der Waals surface area contributed by atoms with Gasteiger partial charge in [-0.1, -0.05) is 6.07 Å². The van der Waals surface area contributed by atoms with Gasteiger partial charge >= 0.3 is 5.76 Å². The molecule has 0 fully saturated rings. The standard InChI is InChI=1S/C23H19F3N4O3/c1-11-19-13(20(29(3)27-19)12-9-15(24)18(26)16(25)10-12)7-8-30(11)22(31)14-5-4-6-17-21(14)33-23(32)28(17)2/h4-6,9-11H,7-8H2,1-3H3/t11-/m0/s1. The lowest BCUT2D eigenvalue weighted by atomic mass is 9.95. The Labute approximate surface area is 185 Å². The molecule has 0 spiro atoms. The minimum Gasteiger partial charge on any atom is -0.407 e. The van der Waals surface area contributed by atoms with Crippen LogP contribution < -0.4 is 5.76 Å². The fourth-order valence-electron chi connectivity index (χ4n) is 4.55. The van der Waals surface area contributed by atoms with Gasteiger partial charge in [0.25, 0.3) is 5.91 Å². The van der Waals surface area contributed by atoms with Crippen molar-refractivity contribution in [1.82, 2.24) is 19.2 Å². The molecule has 2 aromatic carbocycles. The SMILES string of the molecule is C[C@H]1c2nn(C)c(-c3cc(F)c(F)c(F)c3)c2CCN1C(=O)c1cccc2c1oc(=O)n2C. The van der Waals surface area contributed by atoms with Crippen molar-refractivity contribution < 1.29 is 22.4 Å². The Hall–Kier alpha value is -3.82. The first kappa shape index (κ1) is 21.0. The molecule has 5 rings (SSSR count). The second-order valence-corrected chi connectivity index (χ2v) is 8.10. The highest BCUT2D eigenvalue weighted by atomic mass is 19.2. The smallest absolute Gasteiger partial charge is 0.407 e. The molecule has 1 aliphatic heterocycles. The first-order chi connectivity index (χ1) is 15.7. The van der Waals surface area contributed by atoms with E-state index >= 15 is 0 Å². The fraction of sp³-hybridized carbons (Fsp3) is 0.261. The van der Waals surface area contributed by atoms with E-state index in [1.54, 1.807) is 44.1 Å². The topological polar surface area (TPSA) is 73.3 Å². The van der Waals surface area contributed by atoms with Crippen molar-refractivity contribution in [1.29, 1.82) is 0 Å². The largest absolute Gasteiger partial charge is 0.419 e. The molecule has 0 bridgehead atoms. The van der Waals surface area contributed by atoms with Crippen LogP contribution in [0.1, 0.15) is 34.6 Å². The van der Waals surface area contributed by atoms with Gasteiger partial charge in [0.05, 0.1) is 28.5 Å². The molecule has 7 nitrogen and oxygen atoms in total. The van der Waals surface area contributed by atoms with Crippen LogP contribution in [0.5, 0.6) is 0 Å². The third kappa shape index (κ3) is 3.08. The van der Waals surface area contributed by atoms with E-state index in [9.17, 15) is 22.8 Å². The highest BCUT2D eigenvalue weighted by Crippen LogP contribution is 2.37. The number of nitrogens with zero attached hydrogens (tertiary/aromatic N) is 4. The molecule has 33 heavy (non-hydrogen) atoms. The number of fused-ring (bicyclic) bond motifs is 2. The highest BCUT2D eigenvalue weighted by Gasteiger charge is 2.34. The monoisotopic (exact) mass is 456 g/mol. The lowest BCUT2D eigenvalue weighted by molar-refractivity contribution is 0.0674. The molecule has 3 heterocycles. The van der Waals surface area contributed by atoms with Crippen molar-refractivity contribution in [3.63, 3.8) is 0 Å². The second-order valence-electron chi connectivity index (χ2n) is 8.10. The molecular weight excluding hydrogens is 437 g/mol. The Balaban J connectivity index is 1.55. The van der Waals surface area contributed by atoms with Crippen LogP contribution in [0.25, 0.3) is 22.4 Å². The van der Waals surface area contributed by atoms with Crippen LogP contribution in [-0.2, 0) is 20.5 Å². The summed E-state index contributed by atoms with van der Waals surface area (Å²) in [4.78, 5) is 27.0. The summed E-state index contributed by atoms with van der Waals surface area (Å²) >= 11 is 0. The molecule has 1 aliphatic rings. The minimum atomic E-state index is -1.53. The molecule has 0 radical (unpaired) electrons. The summed E-state index contributed by atoms with van der Waals surface area (Å²) in [5.41, 5.74) is 2.95. The lowest BCUT2D eigenvalue weighted by Crippen LogP contribution is -2.39. The average Bonchev–Trinajstić information content (AvgIpc) is 3.27. The number of rotatable bonds is 2. The zero-order valence-corrected chi connectivity index (χ0v) is 18.0. The number of benzene rings is 2. The van der Waals surface area contributed by atoms with Gasteiger partial charge in [-0.2, -0.15) is 5.10 Å². The van der Waals surface area contributed by atoms with Gasteiger partial charge in [-0.3, -0.25) is 14.0 Å². The quantitative estimate of drug-likeness (QED) is 0.431. The van der Waals surface area contributed by atoms with Crippen LogP contribution in [-0.4, -0.2) is 31.7 Å². The highest BCUT2D eigenvalue weighted by molar-refractivity contribution is 6.04. The van der Waals surface area contributed by atoms with E-state index in [0.29, 0.717) is 29.9 Å². The molecule has 0 saturated carbocycles. The summed E-state index contributed by atoms with van der Waals surface area (Å²) in [6.07, 6.45) is 0.379. The van der Waals surface area contributed by atoms with Crippen molar-refractivity contribution in [3.8, 4) is 11.3 Å². The Morgan fingerprint density at radius 2 is 1.85 bits per heavy atom. The third-order valence-corrected chi connectivity index (χ3v) is 6.21. The first-order valence-corrected chi connectivity index (χ1v) is 10.3. The third-order valence-electron chi connectivity index (χ3n) is 6.21. The number of aryl methyl sites for hydroxylation is 2. The number of halogens is 3. The zero-order valence-electron chi connectivity index (χ0n) is 18.0. The summed E-state index contributed by atoms with van der Waals surface area (Å²) in [5.74, 6) is -4.97. The summed E-state index contributed by atoms with van der Waals surface area (Å²) < 4.78 is 49.3. The van der Waals surface area contributed by atoms with Crippen LogP contribution in [0.15, 0.2) is 39.5 Å². The van der Waals surface area contributed by atoms with E-state index in [1.165, 1.54) is 9.25 Å². The van der Waals surface area contributed by atoms with Crippen LogP contribution in [0.4, 0.5) is 13.2 Å². The molecule has 4 aromatic rings. The van der Waals surface area contributed by atoms with E-state index in [-0.39, 0.29) is 22.6 Å². The van der Waals surface area contributed by atoms with Crippen LogP contribution in [0.3, 0.4) is 0 Å². The Morgan fingerprint density at radius 1 is 1.15 bits per heavy atom. The molecule has 2 aromatic heterocycles. The van der Waals surface area contributed by atoms with Crippen LogP contribution in [0, 0.1) is 17.5 Å². The zero-order chi connectivity index (χ0) is 23.6. The van der Waals surface area contributed by atoms with Crippen LogP contribution >= 0.6 is 0 Å². The molecule has 170 valence electrons. The number of hydrogen-bond donors (Lipinski definition) is 0. The van der Waals surface area contributed by atoms with Crippen molar-refractivity contribution in [2.75, 3.05) is 6.54 Å². The molecule has 1 amide bonds. The molecule has 0 saturated heterocycles. The van der Waals surface area contributed by atoms with Gasteiger partial charge in [0.2, 0.25) is 0 Å². The number of amides is 1. The maximum absolute atomic E-state index is 13.9. The molecule has 0 N–H and O–H groups in total. The van der Waals surface area contributed by atoms with Crippen molar-refractivity contribution in [2.45, 2.75) is 19.4 Å². The Bertz CT molecular complexity index is 1480. The van der Waals surface area contributed by atoms with Crippen molar-refractivity contribution in [3.05, 3.63) is 75.2 Å². The maximum atomic E-state index is 13.9. The van der Waals surface area contributed by atoms with Crippen LogP contribution in [0.2, 0.25) is 0 Å². The lowest BCUT2D eigenvalue weighted by Gasteiger charge is -2.33. The summed E-state index contributed by atoms with van der Waals surface area (Å²) in [7, 11) is 3.19. The normalized spacial score (nSPS) is 15.8. The van der Waals surface area contributed by atoms with Gasteiger partial charge in [-0.15, -0.1) is 0 Å². The number of carbonyl (C=O) groups is 1. The molecule has 0 aliphatic carbocycles. The van der Waals surface area contributed by atoms with E-state index in [0.717, 1.165) is 17.7 Å². The van der Waals surface area contributed by atoms with Gasteiger partial charge in [-0.05, 0) is 37.6 Å². The molecule has 1 atom stereocenters. The summed E-state index contributed by atoms with van der Waals surface area (Å²) in [6.45, 7) is 2.12. The predicted molar refractivity (Wildman–Crippen MR) is 113 cm³/mol. The van der Waals surface area contributed by atoms with Gasteiger partial charge in [-0.25, -0.2) is 18.0 Å². The van der Waals surface area contributed by atoms with Crippen molar-refractivity contribution >= 4 is 17.0 Å². The molecule has 0 unspecified atom stereocenters.